The molecule has 0 bridgehead atoms. The van der Waals surface area contributed by atoms with Crippen LogP contribution < -0.4 is 26.2 Å². The van der Waals surface area contributed by atoms with E-state index in [1.807, 2.05) is 0 Å². The van der Waals surface area contributed by atoms with Crippen molar-refractivity contribution in [3.05, 3.63) is 207 Å². The van der Waals surface area contributed by atoms with Crippen LogP contribution in [0.15, 0.2) is 152 Å². The average molecular weight is 1100 g/mol. The number of hydrogen-bond acceptors (Lipinski definition) is 2. The Morgan fingerprint density at radius 1 is 0.452 bits per heavy atom. The SMILES string of the molecule is CC(C)(C)c1cc2c3c(c1)C1(C)CCCCC1(C)CC3c1cc(-c3ccccc3)cc3c1B2c1ccc(N(c2ccc4c(c2)C(C)(C)CCC4(C)C)c2ccc4c(c2)C(C)(C)CCC4(C)C)cc1N3c1cccc2c1-c1ccccc1C2(C)C. The molecule has 1 fully saturated rings. The molecule has 2 nitrogen and oxygen atoms in total. The Morgan fingerprint density at radius 2 is 1.04 bits per heavy atom. The standard InChI is InChI=1S/C81H89BN2/c1-74(2,3)52-44-65-71-58(49-80(14)36-21-22-37-81(65,80)15)57-42-51(50-24-17-16-18-25-50)43-70-73(57)82(67(71)45-52)66-35-32-55(48-69(66)84(70)68-29-23-28-62-72(68)56-26-19-20-27-59(56)79(62,12)13)83(53-30-33-60-63(46-53)77(8,9)40-38-75(60,4)5)54-31-34-61-64(47-54)78(10,11)41-39-76(61,6)7/h16-20,23-35,42-48,58H,21-22,36-41,49H2,1-15H3. The van der Waals surface area contributed by atoms with E-state index in [2.05, 4.69) is 265 Å². The lowest BCUT2D eigenvalue weighted by Gasteiger charge is -2.59. The van der Waals surface area contributed by atoms with Crippen LogP contribution in [0, 0.1) is 5.41 Å². The number of hydrogen-bond donors (Lipinski definition) is 0. The maximum atomic E-state index is 2.79. The van der Waals surface area contributed by atoms with Crippen molar-refractivity contribution in [2.24, 2.45) is 5.41 Å². The predicted molar refractivity (Wildman–Crippen MR) is 360 cm³/mol. The Morgan fingerprint density at radius 3 is 1.69 bits per heavy atom. The molecule has 0 saturated heterocycles. The molecule has 84 heavy (non-hydrogen) atoms. The van der Waals surface area contributed by atoms with Crippen molar-refractivity contribution in [1.82, 2.24) is 0 Å². The van der Waals surface area contributed by atoms with Gasteiger partial charge in [-0.05, 0) is 215 Å². The van der Waals surface area contributed by atoms with Gasteiger partial charge in [-0.1, -0.05) is 225 Å². The third-order valence-corrected chi connectivity index (χ3v) is 24.0. The van der Waals surface area contributed by atoms with E-state index < -0.39 is 0 Å². The zero-order valence-electron chi connectivity index (χ0n) is 53.3. The summed E-state index contributed by atoms with van der Waals surface area (Å²) in [5.41, 5.74) is 32.7. The number of anilines is 6. The Bertz CT molecular complexity index is 4000. The minimum Gasteiger partial charge on any atom is -0.311 e. The van der Waals surface area contributed by atoms with Crippen molar-refractivity contribution >= 4 is 57.2 Å². The predicted octanol–water partition coefficient (Wildman–Crippen LogP) is 20.1. The fourth-order valence-corrected chi connectivity index (χ4v) is 18.4. The van der Waals surface area contributed by atoms with E-state index in [1.165, 1.54) is 170 Å². The van der Waals surface area contributed by atoms with E-state index in [4.69, 9.17) is 0 Å². The summed E-state index contributed by atoms with van der Waals surface area (Å²) in [6.07, 6.45) is 11.0. The molecule has 8 aromatic rings. The molecule has 15 rings (SSSR count). The first kappa shape index (κ1) is 54.1. The van der Waals surface area contributed by atoms with Crippen LogP contribution in [0.25, 0.3) is 22.3 Å². The molecular formula is C81H89BN2. The Hall–Kier alpha value is -6.58. The molecule has 2 aliphatic heterocycles. The van der Waals surface area contributed by atoms with Crippen molar-refractivity contribution in [2.45, 2.75) is 205 Å². The Labute approximate surface area is 504 Å². The fraction of sp³-hybridized carbons (Fsp3) is 0.407. The van der Waals surface area contributed by atoms with E-state index in [-0.39, 0.29) is 56.0 Å². The molecule has 3 heteroatoms. The first-order chi connectivity index (χ1) is 39.7. The van der Waals surface area contributed by atoms with Gasteiger partial charge in [-0.2, -0.15) is 0 Å². The van der Waals surface area contributed by atoms with Gasteiger partial charge in [0, 0.05) is 45.3 Å². The van der Waals surface area contributed by atoms with Gasteiger partial charge in [-0.3, -0.25) is 0 Å². The first-order valence-electron chi connectivity index (χ1n) is 32.4. The van der Waals surface area contributed by atoms with Crippen LogP contribution in [0.5, 0.6) is 0 Å². The molecule has 3 atom stereocenters. The monoisotopic (exact) mass is 1100 g/mol. The molecule has 7 aliphatic rings. The van der Waals surface area contributed by atoms with Crippen LogP contribution in [0.4, 0.5) is 34.1 Å². The second-order valence-electron chi connectivity index (χ2n) is 32.2. The van der Waals surface area contributed by atoms with Crippen LogP contribution in [0.3, 0.4) is 0 Å². The van der Waals surface area contributed by atoms with Gasteiger partial charge in [-0.15, -0.1) is 0 Å². The largest absolute Gasteiger partial charge is 0.311 e. The maximum Gasteiger partial charge on any atom is 0.247 e. The summed E-state index contributed by atoms with van der Waals surface area (Å²) < 4.78 is 0. The van der Waals surface area contributed by atoms with Gasteiger partial charge in [0.2, 0.25) is 6.71 Å². The summed E-state index contributed by atoms with van der Waals surface area (Å²) in [4.78, 5) is 5.45. The molecular weight excluding hydrogens is 1010 g/mol. The summed E-state index contributed by atoms with van der Waals surface area (Å²) in [5.74, 6) is 0.282. The number of fused-ring (bicyclic) bond motifs is 11. The smallest absolute Gasteiger partial charge is 0.247 e. The van der Waals surface area contributed by atoms with Crippen molar-refractivity contribution in [3.8, 4) is 22.3 Å². The Balaban J connectivity index is 1.07. The van der Waals surface area contributed by atoms with Gasteiger partial charge >= 0.3 is 0 Å². The zero-order valence-corrected chi connectivity index (χ0v) is 53.3. The van der Waals surface area contributed by atoms with Crippen LogP contribution in [-0.4, -0.2) is 6.71 Å². The van der Waals surface area contributed by atoms with E-state index >= 15 is 0 Å². The molecule has 0 N–H and O–H groups in total. The third kappa shape index (κ3) is 7.60. The van der Waals surface area contributed by atoms with Gasteiger partial charge < -0.3 is 9.80 Å². The molecule has 3 unspecified atom stereocenters. The van der Waals surface area contributed by atoms with Crippen molar-refractivity contribution in [2.75, 3.05) is 9.80 Å². The third-order valence-electron chi connectivity index (χ3n) is 24.0. The minimum atomic E-state index is -0.167. The summed E-state index contributed by atoms with van der Waals surface area (Å²) in [7, 11) is 0. The quantitative estimate of drug-likeness (QED) is 0.159. The summed E-state index contributed by atoms with van der Waals surface area (Å²) in [6, 6.07) is 61.6. The average Bonchev–Trinajstić information content (AvgIpc) is 0.731. The van der Waals surface area contributed by atoms with Crippen LogP contribution >= 0.6 is 0 Å². The second kappa shape index (κ2) is 17.8. The lowest BCUT2D eigenvalue weighted by Crippen LogP contribution is -2.64. The fourth-order valence-electron chi connectivity index (χ4n) is 18.4. The highest BCUT2D eigenvalue weighted by atomic mass is 15.2. The second-order valence-corrected chi connectivity index (χ2v) is 32.2. The maximum absolute atomic E-state index is 2.79. The Kier molecular flexibility index (Phi) is 11.4. The van der Waals surface area contributed by atoms with Gasteiger partial charge in [0.05, 0.1) is 5.69 Å². The molecule has 2 heterocycles. The number of nitrogens with zero attached hydrogens (tertiary/aromatic N) is 2. The molecule has 0 amide bonds. The highest BCUT2D eigenvalue weighted by Crippen LogP contribution is 2.64. The van der Waals surface area contributed by atoms with Crippen molar-refractivity contribution < 1.29 is 0 Å². The van der Waals surface area contributed by atoms with Crippen LogP contribution in [0.1, 0.15) is 223 Å². The zero-order chi connectivity index (χ0) is 58.6. The highest BCUT2D eigenvalue weighted by Gasteiger charge is 2.57. The molecule has 5 aliphatic carbocycles. The van der Waals surface area contributed by atoms with E-state index in [0.717, 1.165) is 0 Å². The van der Waals surface area contributed by atoms with Gasteiger partial charge in [0.1, 0.15) is 0 Å². The summed E-state index contributed by atoms with van der Waals surface area (Å²) in [6.45, 7) is 37.5. The van der Waals surface area contributed by atoms with E-state index in [0.29, 0.717) is 0 Å². The van der Waals surface area contributed by atoms with Crippen molar-refractivity contribution in [3.63, 3.8) is 0 Å². The van der Waals surface area contributed by atoms with Gasteiger partial charge in [0.25, 0.3) is 0 Å². The van der Waals surface area contributed by atoms with Crippen LogP contribution in [0.2, 0.25) is 0 Å². The van der Waals surface area contributed by atoms with Crippen molar-refractivity contribution in [1.29, 1.82) is 0 Å². The van der Waals surface area contributed by atoms with Crippen LogP contribution in [-0.2, 0) is 37.9 Å². The summed E-state index contributed by atoms with van der Waals surface area (Å²) >= 11 is 0. The molecule has 8 aromatic carbocycles. The first-order valence-corrected chi connectivity index (χ1v) is 32.4. The topological polar surface area (TPSA) is 6.48 Å². The lowest BCUT2D eigenvalue weighted by molar-refractivity contribution is 0.0602. The molecule has 0 spiro atoms. The van der Waals surface area contributed by atoms with Gasteiger partial charge in [-0.25, -0.2) is 0 Å². The summed E-state index contributed by atoms with van der Waals surface area (Å²) in [5, 5.41) is 0. The highest BCUT2D eigenvalue weighted by molar-refractivity contribution is 6.99. The minimum absolute atomic E-state index is 0.0316. The van der Waals surface area contributed by atoms with E-state index in [1.54, 1.807) is 16.6 Å². The molecule has 0 aromatic heterocycles. The molecule has 426 valence electrons. The number of rotatable bonds is 5. The lowest BCUT2D eigenvalue weighted by atomic mass is 9.29. The van der Waals surface area contributed by atoms with Gasteiger partial charge in [0.15, 0.2) is 0 Å². The molecule has 0 radical (unpaired) electrons. The number of benzene rings is 8. The normalized spacial score (nSPS) is 23.6. The molecule has 1 saturated carbocycles. The van der Waals surface area contributed by atoms with E-state index in [9.17, 15) is 0 Å².